The number of likely N-dealkylation sites (tertiary alicyclic amines) is 1. The summed E-state index contributed by atoms with van der Waals surface area (Å²) in [5.74, 6) is -1.81. The third-order valence-corrected chi connectivity index (χ3v) is 4.80. The first kappa shape index (κ1) is 22.8. The van der Waals surface area contributed by atoms with Gasteiger partial charge in [0, 0.05) is 6.42 Å². The van der Waals surface area contributed by atoms with Crippen molar-refractivity contribution >= 4 is 37.3 Å². The Morgan fingerprint density at radius 1 is 1.34 bits per heavy atom. The zero-order valence-corrected chi connectivity index (χ0v) is 16.4. The molecule has 0 aromatic heterocycles. The minimum absolute atomic E-state index is 0. The van der Waals surface area contributed by atoms with Crippen molar-refractivity contribution in [3.8, 4) is 11.5 Å². The van der Waals surface area contributed by atoms with E-state index in [0.29, 0.717) is 18.3 Å². The first-order valence-electron chi connectivity index (χ1n) is 8.99. The molecule has 1 atom stereocenters. The van der Waals surface area contributed by atoms with Crippen LogP contribution in [-0.4, -0.2) is 65.2 Å². The van der Waals surface area contributed by atoms with Crippen molar-refractivity contribution in [3.05, 3.63) is 23.3 Å². The molecule has 2 aliphatic rings. The van der Waals surface area contributed by atoms with Gasteiger partial charge in [0.15, 0.2) is 0 Å². The van der Waals surface area contributed by atoms with Gasteiger partial charge < -0.3 is 35.9 Å². The SMILES string of the molecule is Cl.NC(=O)CC[C@@H](N)C(=O)N1CC(Oc2ccc3c(c2C(=O)O)OB(O)CC3)C1. The predicted octanol–water partition coefficient (Wildman–Crippen LogP) is -0.596. The molecular weight excluding hydrogens is 404 g/mol. The Hall–Kier alpha value is -2.50. The molecule has 2 aliphatic heterocycles. The van der Waals surface area contributed by atoms with Gasteiger partial charge in [-0.2, -0.15) is 0 Å². The van der Waals surface area contributed by atoms with Crippen LogP contribution in [0.1, 0.15) is 28.8 Å². The standard InChI is InChI=1S/C17H22BN3O7.ClH/c19-11(2-4-13(20)22)16(23)21-7-10(8-21)27-12-3-1-9-5-6-18(26)28-15(9)14(12)17(24)25;/h1,3,10-11,26H,2,4-8,19H2,(H2,20,22)(H,24,25);1H/t11-;/m1./s1. The Bertz CT molecular complexity index is 803. The highest BCUT2D eigenvalue weighted by Crippen LogP contribution is 2.37. The van der Waals surface area contributed by atoms with Crippen molar-refractivity contribution in [2.24, 2.45) is 11.5 Å². The second-order valence-electron chi connectivity index (χ2n) is 6.94. The Labute approximate surface area is 173 Å². The number of aryl methyl sites for hydroxylation is 1. The van der Waals surface area contributed by atoms with Crippen LogP contribution in [0.5, 0.6) is 11.5 Å². The molecule has 0 aliphatic carbocycles. The fraction of sp³-hybridized carbons (Fsp3) is 0.471. The molecule has 0 unspecified atom stereocenters. The molecule has 2 amide bonds. The number of nitrogens with two attached hydrogens (primary N) is 2. The molecule has 0 saturated carbocycles. The van der Waals surface area contributed by atoms with Crippen LogP contribution in [0.2, 0.25) is 6.32 Å². The van der Waals surface area contributed by atoms with E-state index in [2.05, 4.69) is 0 Å². The molecule has 6 N–H and O–H groups in total. The number of carbonyl (C=O) groups excluding carboxylic acids is 2. The Kier molecular flexibility index (Phi) is 7.34. The number of carboxylic acid groups (broad SMARTS) is 1. The molecule has 0 bridgehead atoms. The van der Waals surface area contributed by atoms with Gasteiger partial charge >= 0.3 is 13.1 Å². The average Bonchev–Trinajstić information content (AvgIpc) is 2.60. The van der Waals surface area contributed by atoms with E-state index in [9.17, 15) is 24.5 Å². The van der Waals surface area contributed by atoms with Gasteiger partial charge in [-0.3, -0.25) is 9.59 Å². The summed E-state index contributed by atoms with van der Waals surface area (Å²) in [4.78, 5) is 36.2. The third kappa shape index (κ3) is 5.11. The molecular formula is C17H23BClN3O7. The van der Waals surface area contributed by atoms with E-state index in [1.54, 1.807) is 12.1 Å². The Morgan fingerprint density at radius 3 is 2.66 bits per heavy atom. The number of hydrogen-bond donors (Lipinski definition) is 4. The predicted molar refractivity (Wildman–Crippen MR) is 105 cm³/mol. The lowest BCUT2D eigenvalue weighted by Gasteiger charge is -2.40. The molecule has 1 saturated heterocycles. The molecule has 29 heavy (non-hydrogen) atoms. The summed E-state index contributed by atoms with van der Waals surface area (Å²) in [5.41, 5.74) is 11.4. The summed E-state index contributed by atoms with van der Waals surface area (Å²) >= 11 is 0. The molecule has 12 heteroatoms. The van der Waals surface area contributed by atoms with Gasteiger partial charge in [0.05, 0.1) is 19.1 Å². The van der Waals surface area contributed by atoms with E-state index in [1.165, 1.54) is 4.90 Å². The summed E-state index contributed by atoms with van der Waals surface area (Å²) < 4.78 is 11.1. The molecule has 3 rings (SSSR count). The van der Waals surface area contributed by atoms with Crippen LogP contribution in [0.4, 0.5) is 0 Å². The van der Waals surface area contributed by atoms with Crippen molar-refractivity contribution in [2.45, 2.75) is 37.7 Å². The van der Waals surface area contributed by atoms with Crippen molar-refractivity contribution in [3.63, 3.8) is 0 Å². The molecule has 1 aromatic rings. The second-order valence-corrected chi connectivity index (χ2v) is 6.94. The van der Waals surface area contributed by atoms with Gasteiger partial charge in [-0.25, -0.2) is 4.79 Å². The largest absolute Gasteiger partial charge is 0.535 e. The van der Waals surface area contributed by atoms with Crippen LogP contribution in [0.15, 0.2) is 12.1 Å². The number of primary amides is 1. The minimum atomic E-state index is -1.22. The lowest BCUT2D eigenvalue weighted by atomic mass is 9.78. The fourth-order valence-electron chi connectivity index (χ4n) is 3.24. The number of amides is 2. The highest BCUT2D eigenvalue weighted by atomic mass is 35.5. The molecule has 1 aromatic carbocycles. The van der Waals surface area contributed by atoms with Crippen molar-refractivity contribution < 1.29 is 33.9 Å². The maximum Gasteiger partial charge on any atom is 0.522 e. The zero-order chi connectivity index (χ0) is 20.4. The van der Waals surface area contributed by atoms with Crippen LogP contribution in [-0.2, 0) is 16.0 Å². The number of hydrogen-bond acceptors (Lipinski definition) is 7. The smallest absolute Gasteiger partial charge is 0.522 e. The summed E-state index contributed by atoms with van der Waals surface area (Å²) in [7, 11) is -1.06. The van der Waals surface area contributed by atoms with Gasteiger partial charge in [-0.05, 0) is 30.8 Å². The van der Waals surface area contributed by atoms with Gasteiger partial charge in [-0.15, -0.1) is 12.4 Å². The van der Waals surface area contributed by atoms with Crippen LogP contribution in [0.3, 0.4) is 0 Å². The fourth-order valence-corrected chi connectivity index (χ4v) is 3.24. The summed E-state index contributed by atoms with van der Waals surface area (Å²) in [6.45, 7) is 0.505. The molecule has 158 valence electrons. The van der Waals surface area contributed by atoms with Crippen molar-refractivity contribution in [1.82, 2.24) is 4.90 Å². The summed E-state index contributed by atoms with van der Waals surface area (Å²) in [6, 6.07) is 2.46. The molecule has 10 nitrogen and oxygen atoms in total. The second kappa shape index (κ2) is 9.34. The van der Waals surface area contributed by atoms with E-state index >= 15 is 0 Å². The monoisotopic (exact) mass is 427 g/mol. The number of benzene rings is 1. The van der Waals surface area contributed by atoms with E-state index in [-0.39, 0.29) is 61.3 Å². The lowest BCUT2D eigenvalue weighted by Crippen LogP contribution is -2.60. The van der Waals surface area contributed by atoms with Crippen molar-refractivity contribution in [2.75, 3.05) is 13.1 Å². The number of carbonyl (C=O) groups is 3. The van der Waals surface area contributed by atoms with Crippen LogP contribution < -0.4 is 20.9 Å². The molecule has 1 fully saturated rings. The van der Waals surface area contributed by atoms with E-state index < -0.39 is 31.1 Å². The highest BCUT2D eigenvalue weighted by molar-refractivity contribution is 6.44. The highest BCUT2D eigenvalue weighted by Gasteiger charge is 2.36. The number of ether oxygens (including phenoxy) is 1. The van der Waals surface area contributed by atoms with Crippen LogP contribution >= 0.6 is 12.4 Å². The molecule has 0 radical (unpaired) electrons. The number of fused-ring (bicyclic) bond motifs is 1. The number of carboxylic acids is 1. The lowest BCUT2D eigenvalue weighted by molar-refractivity contribution is -0.141. The minimum Gasteiger partial charge on any atom is -0.535 e. The maximum atomic E-state index is 12.2. The maximum absolute atomic E-state index is 12.2. The zero-order valence-electron chi connectivity index (χ0n) is 15.6. The van der Waals surface area contributed by atoms with Gasteiger partial charge in [-0.1, -0.05) is 6.07 Å². The van der Waals surface area contributed by atoms with Gasteiger partial charge in [0.1, 0.15) is 23.2 Å². The third-order valence-electron chi connectivity index (χ3n) is 4.80. The molecule has 0 spiro atoms. The average molecular weight is 428 g/mol. The van der Waals surface area contributed by atoms with Crippen LogP contribution in [0, 0.1) is 0 Å². The van der Waals surface area contributed by atoms with E-state index in [1.807, 2.05) is 0 Å². The first-order valence-corrected chi connectivity index (χ1v) is 8.99. The van der Waals surface area contributed by atoms with E-state index in [0.717, 1.165) is 0 Å². The Balaban J connectivity index is 0.00000300. The number of nitrogens with zero attached hydrogens (tertiary/aromatic N) is 1. The quantitative estimate of drug-likeness (QED) is 0.419. The Morgan fingerprint density at radius 2 is 2.03 bits per heavy atom. The van der Waals surface area contributed by atoms with E-state index in [4.69, 9.17) is 20.9 Å². The molecule has 2 heterocycles. The number of aromatic carboxylic acids is 1. The summed E-state index contributed by atoms with van der Waals surface area (Å²) in [6.07, 6.45) is 0.707. The van der Waals surface area contributed by atoms with Gasteiger partial charge in [0.2, 0.25) is 11.8 Å². The number of rotatable bonds is 7. The van der Waals surface area contributed by atoms with Gasteiger partial charge in [0.25, 0.3) is 0 Å². The van der Waals surface area contributed by atoms with Crippen LogP contribution in [0.25, 0.3) is 0 Å². The number of halogens is 1. The topological polar surface area (TPSA) is 165 Å². The summed E-state index contributed by atoms with van der Waals surface area (Å²) in [5, 5.41) is 19.2. The normalized spacial score (nSPS) is 16.6. The first-order chi connectivity index (χ1) is 13.3. The van der Waals surface area contributed by atoms with Crippen molar-refractivity contribution in [1.29, 1.82) is 0 Å².